The molecule has 156 valence electrons. The Labute approximate surface area is 173 Å². The number of nitrogen functional groups attached to an aromatic ring is 1. The van der Waals surface area contributed by atoms with Gasteiger partial charge in [0.2, 0.25) is 0 Å². The van der Waals surface area contributed by atoms with Crippen molar-refractivity contribution in [3.63, 3.8) is 0 Å². The topological polar surface area (TPSA) is 118 Å². The van der Waals surface area contributed by atoms with Crippen molar-refractivity contribution in [2.24, 2.45) is 0 Å². The summed E-state index contributed by atoms with van der Waals surface area (Å²) in [5.74, 6) is 0.304. The van der Waals surface area contributed by atoms with E-state index in [1.54, 1.807) is 10.9 Å². The van der Waals surface area contributed by atoms with Crippen LogP contribution >= 0.6 is 0 Å². The number of nitrogens with zero attached hydrogens (tertiary/aromatic N) is 4. The van der Waals surface area contributed by atoms with Crippen molar-refractivity contribution in [3.05, 3.63) is 12.7 Å². The molecule has 0 aliphatic carbocycles. The number of rotatable bonds is 1. The van der Waals surface area contributed by atoms with Crippen LogP contribution in [0.2, 0.25) is 10.1 Å². The highest BCUT2D eigenvalue weighted by Gasteiger charge is 2.84. The number of hydrogen-bond donors (Lipinski definition) is 2. The molecule has 1 unspecified atom stereocenters. The normalized spacial score (nSPS) is 35.7. The summed E-state index contributed by atoms with van der Waals surface area (Å²) in [7, 11) is -2.69. The molecule has 5 rings (SSSR count). The average Bonchev–Trinajstić information content (AvgIpc) is 2.93. The van der Waals surface area contributed by atoms with Crippen LogP contribution in [-0.4, -0.2) is 65.9 Å². The Morgan fingerprint density at radius 2 is 1.83 bits per heavy atom. The second-order valence-corrected chi connectivity index (χ2v) is 16.3. The minimum Gasteiger partial charge on any atom is -0.391 e. The number of aromatic nitrogens is 4. The average molecular weight is 434 g/mol. The lowest BCUT2D eigenvalue weighted by Crippen LogP contribution is -2.51. The van der Waals surface area contributed by atoms with E-state index in [2.05, 4.69) is 56.5 Å². The first-order valence-electron chi connectivity index (χ1n) is 9.83. The summed E-state index contributed by atoms with van der Waals surface area (Å²) in [4.78, 5) is 12.6. The molecule has 1 spiro atoms. The molecule has 0 saturated carbocycles. The maximum absolute atomic E-state index is 11.3. The van der Waals surface area contributed by atoms with Gasteiger partial charge in [-0.2, -0.15) is 0 Å². The quantitative estimate of drug-likeness (QED) is 0.650. The van der Waals surface area contributed by atoms with Crippen molar-refractivity contribution >= 4 is 35.1 Å². The molecule has 3 fully saturated rings. The van der Waals surface area contributed by atoms with Crippen LogP contribution in [0.15, 0.2) is 12.7 Å². The van der Waals surface area contributed by atoms with Gasteiger partial charge in [-0.1, -0.05) is 41.5 Å². The molecule has 3 saturated heterocycles. The third-order valence-corrected chi connectivity index (χ3v) is 12.1. The summed E-state index contributed by atoms with van der Waals surface area (Å²) in [6, 6.07) is 0. The molecule has 9 nitrogen and oxygen atoms in total. The lowest BCUT2D eigenvalue weighted by Gasteiger charge is -2.36. The van der Waals surface area contributed by atoms with Gasteiger partial charge in [0.1, 0.15) is 38.1 Å². The number of fused-ring (bicyclic) bond motifs is 1. The van der Waals surface area contributed by atoms with Crippen LogP contribution in [-0.2, 0) is 13.6 Å². The predicted octanol–water partition coefficient (Wildman–Crippen LogP) is 1.50. The van der Waals surface area contributed by atoms with E-state index in [4.69, 9.17) is 19.3 Å². The molecule has 11 heteroatoms. The van der Waals surface area contributed by atoms with Gasteiger partial charge in [-0.05, 0) is 5.04 Å². The molecule has 3 aliphatic heterocycles. The van der Waals surface area contributed by atoms with Crippen LogP contribution in [0.25, 0.3) is 11.2 Å². The molecule has 0 aromatic carbocycles. The van der Waals surface area contributed by atoms with Gasteiger partial charge in [0.15, 0.2) is 17.7 Å². The molecule has 2 radical (unpaired) electrons. The summed E-state index contributed by atoms with van der Waals surface area (Å²) in [5.41, 5.74) is 6.98. The SMILES string of the molecule is CC(C)(C)[Si]1OC2[Si](C(C)(C)C)[C@@]23O[C@@H](n2cnc4c(N)ncnc42)[C@H](O)[C@@H]3O1. The molecule has 0 bridgehead atoms. The fourth-order valence-electron chi connectivity index (χ4n) is 4.63. The third kappa shape index (κ3) is 2.61. The predicted molar refractivity (Wildman–Crippen MR) is 109 cm³/mol. The van der Waals surface area contributed by atoms with Gasteiger partial charge < -0.3 is 24.4 Å². The molecule has 0 amide bonds. The highest BCUT2D eigenvalue weighted by Crippen LogP contribution is 2.64. The van der Waals surface area contributed by atoms with Crippen LogP contribution in [0.1, 0.15) is 47.8 Å². The smallest absolute Gasteiger partial charge is 0.391 e. The van der Waals surface area contributed by atoms with Crippen molar-refractivity contribution < 1.29 is 18.7 Å². The number of aliphatic hydroxyl groups is 1. The first-order chi connectivity index (χ1) is 13.5. The molecule has 3 aliphatic rings. The monoisotopic (exact) mass is 433 g/mol. The molecule has 2 aromatic heterocycles. The van der Waals surface area contributed by atoms with Crippen LogP contribution in [0.3, 0.4) is 0 Å². The van der Waals surface area contributed by atoms with E-state index < -0.39 is 41.7 Å². The van der Waals surface area contributed by atoms with Gasteiger partial charge in [0, 0.05) is 5.04 Å². The first kappa shape index (κ1) is 19.6. The Kier molecular flexibility index (Phi) is 3.96. The third-order valence-electron chi connectivity index (χ3n) is 5.87. The minimum absolute atomic E-state index is 0.00787. The van der Waals surface area contributed by atoms with Gasteiger partial charge in [-0.25, -0.2) is 15.0 Å². The Balaban J connectivity index is 1.57. The maximum atomic E-state index is 11.3. The number of nitrogens with two attached hydrogens (primary N) is 1. The van der Waals surface area contributed by atoms with E-state index in [9.17, 15) is 5.11 Å². The standard InChI is InChI=1S/C18H27N5O4Si2/c1-16(2,3)28-15-18(28)11(26-29(27-15)17(4,5)6)10(24)14(25-18)23-8-22-9-12(19)20-7-21-13(9)23/h7-8,10-11,14-15,24H,1-6H3,(H2,19,20,21)/t10-,11+,14-,15?,18-/m1/s1. The second kappa shape index (κ2) is 5.86. The maximum Gasteiger partial charge on any atom is 0.391 e. The van der Waals surface area contributed by atoms with Crippen LogP contribution < -0.4 is 5.73 Å². The Hall–Kier alpha value is -1.38. The number of imidazole rings is 1. The number of aliphatic hydroxyl groups excluding tert-OH is 1. The second-order valence-electron chi connectivity index (χ2n) is 10.1. The largest absolute Gasteiger partial charge is 0.391 e. The van der Waals surface area contributed by atoms with E-state index in [1.165, 1.54) is 6.33 Å². The van der Waals surface area contributed by atoms with Crippen molar-refractivity contribution in [1.29, 1.82) is 0 Å². The summed E-state index contributed by atoms with van der Waals surface area (Å²) in [6.45, 7) is 13.1. The van der Waals surface area contributed by atoms with Crippen LogP contribution in [0.5, 0.6) is 0 Å². The van der Waals surface area contributed by atoms with Crippen molar-refractivity contribution in [2.75, 3.05) is 5.73 Å². The van der Waals surface area contributed by atoms with Gasteiger partial charge in [-0.15, -0.1) is 0 Å². The molecule has 3 N–H and O–H groups in total. The van der Waals surface area contributed by atoms with Gasteiger partial charge >= 0.3 is 9.28 Å². The number of hydrogen-bond acceptors (Lipinski definition) is 8. The molecule has 5 atom stereocenters. The van der Waals surface area contributed by atoms with Gasteiger partial charge in [-0.3, -0.25) is 4.57 Å². The first-order valence-corrected chi connectivity index (χ1v) is 12.7. The van der Waals surface area contributed by atoms with Crippen molar-refractivity contribution in [2.45, 2.75) is 81.0 Å². The summed E-state index contributed by atoms with van der Waals surface area (Å²) in [6.07, 6.45) is 1.09. The van der Waals surface area contributed by atoms with Crippen LogP contribution in [0.4, 0.5) is 5.82 Å². The summed E-state index contributed by atoms with van der Waals surface area (Å²) >= 11 is 0. The van der Waals surface area contributed by atoms with Gasteiger partial charge in [0.25, 0.3) is 0 Å². The molecule has 2 aromatic rings. The zero-order valence-electron chi connectivity index (χ0n) is 17.5. The van der Waals surface area contributed by atoms with Gasteiger partial charge in [0.05, 0.1) is 12.1 Å². The zero-order chi connectivity index (χ0) is 20.9. The van der Waals surface area contributed by atoms with E-state index in [-0.39, 0.29) is 15.8 Å². The van der Waals surface area contributed by atoms with Crippen LogP contribution in [0, 0.1) is 0 Å². The summed E-state index contributed by atoms with van der Waals surface area (Å²) in [5, 5.41) is 10.7. The number of anilines is 1. The van der Waals surface area contributed by atoms with E-state index in [1.807, 2.05) is 0 Å². The van der Waals surface area contributed by atoms with E-state index in [0.717, 1.165) is 0 Å². The number of ether oxygens (including phenoxy) is 1. The lowest BCUT2D eigenvalue weighted by molar-refractivity contribution is -0.0721. The lowest BCUT2D eigenvalue weighted by atomic mass is 10.1. The summed E-state index contributed by atoms with van der Waals surface area (Å²) < 4.78 is 21.3. The molecular formula is C18H27N5O4Si2. The fraction of sp³-hybridized carbons (Fsp3) is 0.722. The molecular weight excluding hydrogens is 406 g/mol. The van der Waals surface area contributed by atoms with Crippen molar-refractivity contribution in [3.8, 4) is 0 Å². The van der Waals surface area contributed by atoms with Crippen molar-refractivity contribution in [1.82, 2.24) is 19.5 Å². The van der Waals surface area contributed by atoms with E-state index >= 15 is 0 Å². The van der Waals surface area contributed by atoms with E-state index in [0.29, 0.717) is 17.0 Å². The molecule has 29 heavy (non-hydrogen) atoms. The Morgan fingerprint density at radius 1 is 1.10 bits per heavy atom. The Bertz CT molecular complexity index is 973. The minimum atomic E-state index is -1.58. The highest BCUT2D eigenvalue weighted by atomic mass is 28.3. The zero-order valence-corrected chi connectivity index (χ0v) is 19.5. The molecule has 5 heterocycles. The highest BCUT2D eigenvalue weighted by molar-refractivity contribution is 6.80. The Morgan fingerprint density at radius 3 is 2.48 bits per heavy atom. The fourth-order valence-corrected chi connectivity index (χ4v) is 11.2.